The van der Waals surface area contributed by atoms with Crippen LogP contribution in [0.2, 0.25) is 0 Å². The Kier molecular flexibility index (Phi) is 18.1. The second-order valence-electron chi connectivity index (χ2n) is 6.47. The fourth-order valence-corrected chi connectivity index (χ4v) is 2.66. The maximum Gasteiger partial charge on any atom is 0.303 e. The molecule has 0 rings (SSSR count). The third-order valence-corrected chi connectivity index (χ3v) is 4.13. The molecular weight excluding hydrogens is 284 g/mol. The molecule has 0 bridgehead atoms. The number of unbranched alkanes of at least 4 members (excludes halogenated alkanes) is 12. The monoisotopic (exact) mass is 322 g/mol. The van der Waals surface area contributed by atoms with Crippen LogP contribution in [0.15, 0.2) is 24.3 Å². The largest absolute Gasteiger partial charge is 0.481 e. The van der Waals surface area contributed by atoms with E-state index >= 15 is 0 Å². The average molecular weight is 323 g/mol. The minimum absolute atomic E-state index is 0.225. The first kappa shape index (κ1) is 21.9. The summed E-state index contributed by atoms with van der Waals surface area (Å²) in [6, 6.07) is 0. The molecule has 0 aliphatic carbocycles. The van der Waals surface area contributed by atoms with Gasteiger partial charge in [0.2, 0.25) is 0 Å². The summed E-state index contributed by atoms with van der Waals surface area (Å²) in [5.74, 6) is -0.727. The van der Waals surface area contributed by atoms with Crippen molar-refractivity contribution in [1.82, 2.24) is 0 Å². The molecule has 0 radical (unpaired) electrons. The lowest BCUT2D eigenvalue weighted by Crippen LogP contribution is -1.91. The quantitative estimate of drug-likeness (QED) is 0.230. The van der Waals surface area contributed by atoms with Gasteiger partial charge in [-0.1, -0.05) is 102 Å². The topological polar surface area (TPSA) is 37.3 Å². The van der Waals surface area contributed by atoms with Crippen LogP contribution in [0.4, 0.5) is 0 Å². The lowest BCUT2D eigenvalue weighted by Gasteiger charge is -2.02. The predicted octanol–water partition coefficient (Wildman–Crippen LogP) is 7.05. The fraction of sp³-hybridized carbons (Fsp3) is 0.762. The van der Waals surface area contributed by atoms with Crippen molar-refractivity contribution in [2.24, 2.45) is 0 Å². The first-order valence-electron chi connectivity index (χ1n) is 9.80. The van der Waals surface area contributed by atoms with Gasteiger partial charge < -0.3 is 5.11 Å². The van der Waals surface area contributed by atoms with Crippen molar-refractivity contribution in [3.05, 3.63) is 24.3 Å². The van der Waals surface area contributed by atoms with Crippen molar-refractivity contribution in [2.45, 2.75) is 103 Å². The van der Waals surface area contributed by atoms with Crippen LogP contribution in [0.25, 0.3) is 0 Å². The Hall–Kier alpha value is -1.05. The first-order valence-corrected chi connectivity index (χ1v) is 9.80. The van der Waals surface area contributed by atoms with Gasteiger partial charge in [-0.05, 0) is 19.3 Å². The molecular formula is C21H38O2. The van der Waals surface area contributed by atoms with E-state index in [-0.39, 0.29) is 6.42 Å². The van der Waals surface area contributed by atoms with E-state index in [0.717, 1.165) is 6.42 Å². The number of carboxylic acids is 1. The Bertz CT molecular complexity index is 305. The lowest BCUT2D eigenvalue weighted by molar-refractivity contribution is -0.136. The molecule has 0 heterocycles. The maximum absolute atomic E-state index is 10.3. The van der Waals surface area contributed by atoms with Crippen LogP contribution in [-0.4, -0.2) is 11.1 Å². The third kappa shape index (κ3) is 21.0. The minimum atomic E-state index is -0.727. The van der Waals surface area contributed by atoms with Crippen LogP contribution >= 0.6 is 0 Å². The van der Waals surface area contributed by atoms with Crippen LogP contribution in [0, 0.1) is 0 Å². The van der Waals surface area contributed by atoms with Crippen LogP contribution in [0.1, 0.15) is 103 Å². The summed E-state index contributed by atoms with van der Waals surface area (Å²) < 4.78 is 0. The van der Waals surface area contributed by atoms with E-state index in [1.165, 1.54) is 77.0 Å². The van der Waals surface area contributed by atoms with Gasteiger partial charge in [-0.2, -0.15) is 0 Å². The molecule has 0 aliphatic heterocycles. The molecule has 2 nitrogen and oxygen atoms in total. The predicted molar refractivity (Wildman–Crippen MR) is 101 cm³/mol. The zero-order valence-electron chi connectivity index (χ0n) is 15.3. The van der Waals surface area contributed by atoms with E-state index in [4.69, 9.17) is 5.11 Å². The molecule has 0 aliphatic rings. The molecule has 23 heavy (non-hydrogen) atoms. The van der Waals surface area contributed by atoms with E-state index in [0.29, 0.717) is 6.42 Å². The Morgan fingerprint density at radius 2 is 1.13 bits per heavy atom. The Morgan fingerprint density at radius 1 is 0.696 bits per heavy atom. The molecule has 0 aromatic rings. The highest BCUT2D eigenvalue weighted by Crippen LogP contribution is 2.12. The molecule has 0 spiro atoms. The van der Waals surface area contributed by atoms with Crippen molar-refractivity contribution < 1.29 is 9.90 Å². The number of allylic oxidation sites excluding steroid dienone is 4. The van der Waals surface area contributed by atoms with Crippen molar-refractivity contribution in [2.75, 3.05) is 0 Å². The minimum Gasteiger partial charge on any atom is -0.481 e. The van der Waals surface area contributed by atoms with Crippen molar-refractivity contribution in [3.63, 3.8) is 0 Å². The average Bonchev–Trinajstić information content (AvgIpc) is 2.53. The van der Waals surface area contributed by atoms with E-state index in [2.05, 4.69) is 13.0 Å². The van der Waals surface area contributed by atoms with Gasteiger partial charge >= 0.3 is 5.97 Å². The van der Waals surface area contributed by atoms with Crippen LogP contribution in [0.5, 0.6) is 0 Å². The summed E-state index contributed by atoms with van der Waals surface area (Å²) >= 11 is 0. The van der Waals surface area contributed by atoms with Gasteiger partial charge in [-0.25, -0.2) is 0 Å². The lowest BCUT2D eigenvalue weighted by atomic mass is 10.0. The molecule has 0 amide bonds. The normalized spacial score (nSPS) is 11.7. The summed E-state index contributed by atoms with van der Waals surface area (Å²) in [7, 11) is 0. The van der Waals surface area contributed by atoms with Crippen LogP contribution in [0.3, 0.4) is 0 Å². The molecule has 0 aromatic heterocycles. The highest BCUT2D eigenvalue weighted by atomic mass is 16.4. The van der Waals surface area contributed by atoms with Crippen molar-refractivity contribution in [3.8, 4) is 0 Å². The zero-order chi connectivity index (χ0) is 17.0. The second-order valence-corrected chi connectivity index (χ2v) is 6.47. The van der Waals surface area contributed by atoms with Crippen molar-refractivity contribution in [1.29, 1.82) is 0 Å². The summed E-state index contributed by atoms with van der Waals surface area (Å²) in [4.78, 5) is 10.3. The molecule has 1 N–H and O–H groups in total. The molecule has 0 unspecified atom stereocenters. The number of rotatable bonds is 17. The third-order valence-electron chi connectivity index (χ3n) is 4.13. The first-order chi connectivity index (χ1) is 11.3. The summed E-state index contributed by atoms with van der Waals surface area (Å²) in [5.41, 5.74) is 0. The van der Waals surface area contributed by atoms with Gasteiger partial charge in [0.15, 0.2) is 0 Å². The van der Waals surface area contributed by atoms with Gasteiger partial charge in [0.05, 0.1) is 0 Å². The Labute approximate surface area is 144 Å². The molecule has 2 heteroatoms. The number of carbonyl (C=O) groups is 1. The fourth-order valence-electron chi connectivity index (χ4n) is 2.66. The molecule has 0 aromatic carbocycles. The molecule has 0 saturated carbocycles. The Morgan fingerprint density at radius 3 is 1.61 bits per heavy atom. The number of hydrogen-bond donors (Lipinski definition) is 1. The van der Waals surface area contributed by atoms with Crippen molar-refractivity contribution >= 4 is 5.97 Å². The maximum atomic E-state index is 10.3. The summed E-state index contributed by atoms with van der Waals surface area (Å²) in [6.07, 6.45) is 26.8. The highest BCUT2D eigenvalue weighted by Gasteiger charge is 1.93. The van der Waals surface area contributed by atoms with Gasteiger partial charge in [-0.3, -0.25) is 4.79 Å². The molecule has 0 fully saturated rings. The summed E-state index contributed by atoms with van der Waals surface area (Å²) in [5, 5.41) is 8.50. The van der Waals surface area contributed by atoms with E-state index in [9.17, 15) is 4.79 Å². The van der Waals surface area contributed by atoms with E-state index < -0.39 is 5.97 Å². The number of hydrogen-bond acceptors (Lipinski definition) is 1. The highest BCUT2D eigenvalue weighted by molar-refractivity contribution is 5.66. The number of carboxylic acid groups (broad SMARTS) is 1. The van der Waals surface area contributed by atoms with Gasteiger partial charge in [0.1, 0.15) is 0 Å². The molecule has 134 valence electrons. The standard InChI is InChI=1S/C21H38O2/c1-2-3-4-5-6-7-8-9-10-11-12-13-14-15-16-17-18-19-20-21(22)23/h15-18H,2-14,19-20H2,1H3,(H,22,23). The molecule has 0 saturated heterocycles. The number of aliphatic carboxylic acids is 1. The Balaban J connectivity index is 3.14. The van der Waals surface area contributed by atoms with Crippen LogP contribution in [-0.2, 0) is 4.79 Å². The van der Waals surface area contributed by atoms with Gasteiger partial charge in [0.25, 0.3) is 0 Å². The SMILES string of the molecule is CCCCCCCCCCCCCCC=CC=CCCC(=O)O. The zero-order valence-corrected chi connectivity index (χ0v) is 15.3. The molecule has 0 atom stereocenters. The van der Waals surface area contributed by atoms with Crippen LogP contribution < -0.4 is 0 Å². The van der Waals surface area contributed by atoms with E-state index in [1.54, 1.807) is 0 Å². The second kappa shape index (κ2) is 19.0. The van der Waals surface area contributed by atoms with Gasteiger partial charge in [0, 0.05) is 6.42 Å². The summed E-state index contributed by atoms with van der Waals surface area (Å²) in [6.45, 7) is 2.27. The van der Waals surface area contributed by atoms with E-state index in [1.807, 2.05) is 18.2 Å². The van der Waals surface area contributed by atoms with Gasteiger partial charge in [-0.15, -0.1) is 0 Å². The smallest absolute Gasteiger partial charge is 0.303 e.